The highest BCUT2D eigenvalue weighted by atomic mass is 31.2. The second kappa shape index (κ2) is 8.11. The first kappa shape index (κ1) is 18.9. The van der Waals surface area contributed by atoms with Crippen LogP contribution in [-0.4, -0.2) is 32.3 Å². The van der Waals surface area contributed by atoms with Gasteiger partial charge in [0.2, 0.25) is 0 Å². The molecule has 0 amide bonds. The van der Waals surface area contributed by atoms with Crippen LogP contribution in [0.3, 0.4) is 0 Å². The van der Waals surface area contributed by atoms with Gasteiger partial charge in [0, 0.05) is 5.56 Å². The minimum Gasteiger partial charge on any atom is -0.505 e. The molecule has 0 fully saturated rings. The average molecular weight is 363 g/mol. The van der Waals surface area contributed by atoms with Gasteiger partial charge in [-0.1, -0.05) is 18.2 Å². The van der Waals surface area contributed by atoms with Crippen molar-refractivity contribution < 1.29 is 24.3 Å². The summed E-state index contributed by atoms with van der Waals surface area (Å²) in [6, 6.07) is 8.90. The van der Waals surface area contributed by atoms with E-state index in [0.29, 0.717) is 17.5 Å². The molecule has 0 saturated carbocycles. The Bertz CT molecular complexity index is 833. The van der Waals surface area contributed by atoms with E-state index in [1.807, 2.05) is 6.07 Å². The number of hydrogen-bond acceptors (Lipinski definition) is 6. The van der Waals surface area contributed by atoms with Crippen molar-refractivity contribution in [1.82, 2.24) is 4.98 Å². The molecule has 0 spiro atoms. The Kier molecular flexibility index (Phi) is 6.14. The van der Waals surface area contributed by atoms with Gasteiger partial charge in [0.15, 0.2) is 12.1 Å². The first-order valence-corrected chi connectivity index (χ1v) is 9.30. The maximum Gasteiger partial charge on any atom is 0.325 e. The third-order valence-corrected chi connectivity index (χ3v) is 4.38. The molecule has 132 valence electrons. The molecule has 0 atom stereocenters. The number of nitrogens with zero attached hydrogens (tertiary/aromatic N) is 3. The minimum atomic E-state index is -4.15. The summed E-state index contributed by atoms with van der Waals surface area (Å²) in [6.45, 7) is 1.53. The number of aromatic hydroxyl groups is 1. The number of carbonyl (C=O) groups is 1. The SMILES string of the molecule is Cc1nc(N=Nc2ccccc2)c(CCCP(=O)(O)O)c(C=O)c1O. The van der Waals surface area contributed by atoms with E-state index in [0.717, 1.165) is 0 Å². The number of pyridine rings is 1. The van der Waals surface area contributed by atoms with E-state index >= 15 is 0 Å². The maximum atomic E-state index is 11.4. The second-order valence-electron chi connectivity index (χ2n) is 5.41. The lowest BCUT2D eigenvalue weighted by Crippen LogP contribution is -2.01. The quantitative estimate of drug-likeness (QED) is 0.392. The predicted octanol–water partition coefficient (Wildman–Crippen LogP) is 3.43. The highest BCUT2D eigenvalue weighted by Crippen LogP contribution is 2.37. The molecule has 0 aliphatic carbocycles. The number of carbonyl (C=O) groups excluding carboxylic acids is 1. The van der Waals surface area contributed by atoms with Crippen LogP contribution < -0.4 is 0 Å². The first-order chi connectivity index (χ1) is 11.8. The van der Waals surface area contributed by atoms with Crippen molar-refractivity contribution in [2.75, 3.05) is 6.16 Å². The summed E-state index contributed by atoms with van der Waals surface area (Å²) in [4.78, 5) is 33.5. The van der Waals surface area contributed by atoms with Crippen LogP contribution in [-0.2, 0) is 11.0 Å². The fraction of sp³-hybridized carbons (Fsp3) is 0.250. The lowest BCUT2D eigenvalue weighted by molar-refractivity contribution is 0.111. The topological polar surface area (TPSA) is 132 Å². The Morgan fingerprint density at radius 1 is 1.20 bits per heavy atom. The van der Waals surface area contributed by atoms with Gasteiger partial charge >= 0.3 is 7.60 Å². The van der Waals surface area contributed by atoms with Crippen molar-refractivity contribution in [2.45, 2.75) is 19.8 Å². The van der Waals surface area contributed by atoms with Crippen molar-refractivity contribution in [2.24, 2.45) is 10.2 Å². The van der Waals surface area contributed by atoms with Crippen molar-refractivity contribution in [3.8, 4) is 5.75 Å². The summed E-state index contributed by atoms with van der Waals surface area (Å²) < 4.78 is 11.0. The van der Waals surface area contributed by atoms with Crippen molar-refractivity contribution >= 4 is 25.4 Å². The minimum absolute atomic E-state index is 0.0141. The number of benzene rings is 1. The van der Waals surface area contributed by atoms with Crippen LogP contribution in [0, 0.1) is 6.92 Å². The summed E-state index contributed by atoms with van der Waals surface area (Å²) >= 11 is 0. The molecule has 0 bridgehead atoms. The van der Waals surface area contributed by atoms with Crippen LogP contribution in [0.15, 0.2) is 40.6 Å². The summed E-state index contributed by atoms with van der Waals surface area (Å²) in [6.07, 6.45) is 0.389. The van der Waals surface area contributed by atoms with Crippen LogP contribution in [0.1, 0.15) is 28.0 Å². The van der Waals surface area contributed by atoms with Crippen molar-refractivity contribution in [3.05, 3.63) is 47.2 Å². The Hall–Kier alpha value is -2.41. The summed E-state index contributed by atoms with van der Waals surface area (Å²) in [7, 11) is -4.15. The van der Waals surface area contributed by atoms with Gasteiger partial charge in [-0.3, -0.25) is 9.36 Å². The number of hydrogen-bond donors (Lipinski definition) is 3. The van der Waals surface area contributed by atoms with Gasteiger partial charge in [0.05, 0.1) is 23.1 Å². The second-order valence-corrected chi connectivity index (χ2v) is 7.18. The zero-order chi connectivity index (χ0) is 18.4. The van der Waals surface area contributed by atoms with Crippen molar-refractivity contribution in [1.29, 1.82) is 0 Å². The predicted molar refractivity (Wildman–Crippen MR) is 91.9 cm³/mol. The van der Waals surface area contributed by atoms with Crippen LogP contribution in [0.2, 0.25) is 0 Å². The number of aromatic nitrogens is 1. The Morgan fingerprint density at radius 2 is 1.88 bits per heavy atom. The molecule has 0 saturated heterocycles. The number of azo groups is 1. The fourth-order valence-corrected chi connectivity index (χ4v) is 2.83. The zero-order valence-corrected chi connectivity index (χ0v) is 14.4. The largest absolute Gasteiger partial charge is 0.505 e. The Labute approximate surface area is 144 Å². The molecule has 25 heavy (non-hydrogen) atoms. The highest BCUT2D eigenvalue weighted by molar-refractivity contribution is 7.51. The smallest absolute Gasteiger partial charge is 0.325 e. The first-order valence-electron chi connectivity index (χ1n) is 7.51. The highest BCUT2D eigenvalue weighted by Gasteiger charge is 2.19. The molecule has 1 aromatic heterocycles. The van der Waals surface area contributed by atoms with Gasteiger partial charge in [-0.15, -0.1) is 10.2 Å². The van der Waals surface area contributed by atoms with Crippen LogP contribution >= 0.6 is 7.60 Å². The number of aryl methyl sites for hydroxylation is 1. The van der Waals surface area contributed by atoms with Crippen molar-refractivity contribution in [3.63, 3.8) is 0 Å². The molecule has 0 aliphatic rings. The summed E-state index contributed by atoms with van der Waals surface area (Å²) in [5.74, 6) is -0.119. The molecule has 0 radical (unpaired) electrons. The van der Waals surface area contributed by atoms with E-state index in [4.69, 9.17) is 9.79 Å². The molecular formula is C16H18N3O5P. The van der Waals surface area contributed by atoms with Gasteiger partial charge in [0.25, 0.3) is 0 Å². The van der Waals surface area contributed by atoms with Crippen LogP contribution in [0.25, 0.3) is 0 Å². The molecule has 2 aromatic rings. The summed E-state index contributed by atoms with van der Waals surface area (Å²) in [5.41, 5.74) is 1.14. The van der Waals surface area contributed by atoms with Crippen LogP contribution in [0.4, 0.5) is 11.5 Å². The molecule has 1 aromatic carbocycles. The van der Waals surface area contributed by atoms with E-state index in [-0.39, 0.29) is 41.8 Å². The van der Waals surface area contributed by atoms with Gasteiger partial charge in [-0.25, -0.2) is 4.98 Å². The van der Waals surface area contributed by atoms with Gasteiger partial charge in [0.1, 0.15) is 5.75 Å². The maximum absolute atomic E-state index is 11.4. The molecule has 2 rings (SSSR count). The van der Waals surface area contributed by atoms with E-state index in [1.54, 1.807) is 24.3 Å². The molecule has 3 N–H and O–H groups in total. The standard InChI is InChI=1S/C16H18N3O5P/c1-11-15(21)14(10-20)13(8-5-9-25(22,23)24)16(17-11)19-18-12-6-3-2-4-7-12/h2-4,6-7,10,21H,5,8-9H2,1H3,(H2,22,23,24). The van der Waals surface area contributed by atoms with E-state index in [9.17, 15) is 14.5 Å². The third-order valence-electron chi connectivity index (χ3n) is 3.48. The number of rotatable bonds is 7. The molecular weight excluding hydrogens is 345 g/mol. The monoisotopic (exact) mass is 363 g/mol. The van der Waals surface area contributed by atoms with Gasteiger partial charge < -0.3 is 14.9 Å². The lowest BCUT2D eigenvalue weighted by atomic mass is 10.0. The average Bonchev–Trinajstić information content (AvgIpc) is 2.56. The third kappa shape index (κ3) is 5.29. The Balaban J connectivity index is 2.39. The number of aldehydes is 1. The zero-order valence-electron chi connectivity index (χ0n) is 13.5. The van der Waals surface area contributed by atoms with Gasteiger partial charge in [-0.2, -0.15) is 0 Å². The molecule has 9 heteroatoms. The lowest BCUT2D eigenvalue weighted by Gasteiger charge is -2.11. The molecule has 0 unspecified atom stereocenters. The molecule has 1 heterocycles. The normalized spacial score (nSPS) is 11.8. The van der Waals surface area contributed by atoms with E-state index in [2.05, 4.69) is 15.2 Å². The molecule has 8 nitrogen and oxygen atoms in total. The Morgan fingerprint density at radius 3 is 2.48 bits per heavy atom. The van der Waals surface area contributed by atoms with Crippen LogP contribution in [0.5, 0.6) is 5.75 Å². The van der Waals surface area contributed by atoms with E-state index < -0.39 is 7.60 Å². The fourth-order valence-electron chi connectivity index (χ4n) is 2.26. The van der Waals surface area contributed by atoms with Gasteiger partial charge in [-0.05, 0) is 31.9 Å². The van der Waals surface area contributed by atoms with E-state index in [1.165, 1.54) is 6.92 Å². The molecule has 0 aliphatic heterocycles. The summed E-state index contributed by atoms with van der Waals surface area (Å²) in [5, 5.41) is 18.1.